The molecular formula is C11H25NO. The van der Waals surface area contributed by atoms with Crippen LogP contribution >= 0.6 is 0 Å². The van der Waals surface area contributed by atoms with Crippen LogP contribution in [0.15, 0.2) is 0 Å². The number of nitrogens with zero attached hydrogens (tertiary/aromatic N) is 1. The van der Waals surface area contributed by atoms with E-state index in [1.54, 1.807) is 7.11 Å². The highest BCUT2D eigenvalue weighted by Gasteiger charge is 2.06. The smallest absolute Gasteiger partial charge is 0.0490 e. The van der Waals surface area contributed by atoms with Crippen LogP contribution in [0.3, 0.4) is 0 Å². The lowest BCUT2D eigenvalue weighted by Crippen LogP contribution is -2.15. The number of hydrogen-bond donors (Lipinski definition) is 0. The second-order valence-electron chi connectivity index (χ2n) is 4.06. The summed E-state index contributed by atoms with van der Waals surface area (Å²) in [6, 6.07) is 0. The molecule has 13 heavy (non-hydrogen) atoms. The Bertz CT molecular complexity index is 98.3. The van der Waals surface area contributed by atoms with Crippen molar-refractivity contribution in [3.63, 3.8) is 0 Å². The Hall–Kier alpha value is -0.0800. The van der Waals surface area contributed by atoms with E-state index in [-0.39, 0.29) is 0 Å². The van der Waals surface area contributed by atoms with Crippen LogP contribution in [-0.4, -0.2) is 39.3 Å². The van der Waals surface area contributed by atoms with Crippen LogP contribution in [0.1, 0.15) is 32.6 Å². The molecule has 0 aromatic heterocycles. The minimum Gasteiger partial charge on any atom is -0.384 e. The van der Waals surface area contributed by atoms with Gasteiger partial charge >= 0.3 is 0 Å². The van der Waals surface area contributed by atoms with Gasteiger partial charge in [-0.1, -0.05) is 13.3 Å². The molecule has 2 heteroatoms. The maximum atomic E-state index is 5.20. The van der Waals surface area contributed by atoms with Crippen LogP contribution < -0.4 is 0 Å². The Morgan fingerprint density at radius 3 is 2.38 bits per heavy atom. The van der Waals surface area contributed by atoms with Crippen LogP contribution in [0.5, 0.6) is 0 Å². The first-order valence-electron chi connectivity index (χ1n) is 5.34. The van der Waals surface area contributed by atoms with Crippen molar-refractivity contribution in [2.24, 2.45) is 5.92 Å². The predicted octanol–water partition coefficient (Wildman–Crippen LogP) is 2.39. The molecular weight excluding hydrogens is 162 g/mol. The van der Waals surface area contributed by atoms with Crippen LogP contribution in [0.2, 0.25) is 0 Å². The third kappa shape index (κ3) is 8.26. The Morgan fingerprint density at radius 2 is 1.92 bits per heavy atom. The molecule has 0 heterocycles. The number of hydrogen-bond acceptors (Lipinski definition) is 2. The molecule has 0 saturated heterocycles. The van der Waals surface area contributed by atoms with Gasteiger partial charge in [-0.15, -0.1) is 0 Å². The molecule has 0 unspecified atom stereocenters. The summed E-state index contributed by atoms with van der Waals surface area (Å²) in [5.41, 5.74) is 0. The molecule has 0 amide bonds. The standard InChI is InChI=1S/C11H25NO/c1-5-7-11(10-13-4)8-6-9-12(2)3/h11H,5-10H2,1-4H3/t11-/m1/s1. The van der Waals surface area contributed by atoms with Crippen LogP contribution in [0, 0.1) is 5.92 Å². The molecule has 1 atom stereocenters. The second kappa shape index (κ2) is 8.52. The van der Waals surface area contributed by atoms with Crippen molar-refractivity contribution in [2.45, 2.75) is 32.6 Å². The first-order chi connectivity index (χ1) is 6.20. The largest absolute Gasteiger partial charge is 0.384 e. The summed E-state index contributed by atoms with van der Waals surface area (Å²) in [4.78, 5) is 2.25. The zero-order valence-electron chi connectivity index (χ0n) is 9.68. The highest BCUT2D eigenvalue weighted by Crippen LogP contribution is 2.13. The first-order valence-corrected chi connectivity index (χ1v) is 5.34. The molecule has 0 rings (SSSR count). The molecule has 0 radical (unpaired) electrons. The van der Waals surface area contributed by atoms with E-state index in [1.807, 2.05) is 0 Å². The highest BCUT2D eigenvalue weighted by atomic mass is 16.5. The average Bonchev–Trinajstić information content (AvgIpc) is 2.04. The summed E-state index contributed by atoms with van der Waals surface area (Å²) in [6.07, 6.45) is 5.18. The van der Waals surface area contributed by atoms with Gasteiger partial charge in [0.05, 0.1) is 0 Å². The lowest BCUT2D eigenvalue weighted by molar-refractivity contribution is 0.140. The van der Waals surface area contributed by atoms with Gasteiger partial charge in [0, 0.05) is 13.7 Å². The van der Waals surface area contributed by atoms with Crippen molar-refractivity contribution in [3.05, 3.63) is 0 Å². The summed E-state index contributed by atoms with van der Waals surface area (Å²) < 4.78 is 5.20. The molecule has 0 aliphatic carbocycles. The fourth-order valence-electron chi connectivity index (χ4n) is 1.65. The van der Waals surface area contributed by atoms with Crippen LogP contribution in [-0.2, 0) is 4.74 Å². The summed E-state index contributed by atoms with van der Waals surface area (Å²) in [6.45, 7) is 4.37. The molecule has 0 aromatic rings. The van der Waals surface area contributed by atoms with Crippen molar-refractivity contribution in [1.82, 2.24) is 4.90 Å². The van der Waals surface area contributed by atoms with Crippen molar-refractivity contribution in [2.75, 3.05) is 34.4 Å². The van der Waals surface area contributed by atoms with Crippen LogP contribution in [0.4, 0.5) is 0 Å². The molecule has 0 aliphatic heterocycles. The Labute approximate surface area is 83.3 Å². The van der Waals surface area contributed by atoms with Gasteiger partial charge in [0.2, 0.25) is 0 Å². The lowest BCUT2D eigenvalue weighted by Gasteiger charge is -2.16. The summed E-state index contributed by atoms with van der Waals surface area (Å²) in [5.74, 6) is 0.773. The Kier molecular flexibility index (Phi) is 8.46. The SMILES string of the molecule is CCC[C@H](CCCN(C)C)COC. The number of rotatable bonds is 8. The molecule has 0 fully saturated rings. The fourth-order valence-corrected chi connectivity index (χ4v) is 1.65. The Morgan fingerprint density at radius 1 is 1.23 bits per heavy atom. The van der Waals surface area contributed by atoms with Gasteiger partial charge in [0.1, 0.15) is 0 Å². The van der Waals surface area contributed by atoms with Gasteiger partial charge in [-0.3, -0.25) is 0 Å². The molecule has 0 aliphatic rings. The number of ether oxygens (including phenoxy) is 1. The van der Waals surface area contributed by atoms with Crippen molar-refractivity contribution >= 4 is 0 Å². The third-order valence-corrected chi connectivity index (χ3v) is 2.32. The van der Waals surface area contributed by atoms with E-state index in [4.69, 9.17) is 4.74 Å². The van der Waals surface area contributed by atoms with E-state index in [0.717, 1.165) is 12.5 Å². The zero-order chi connectivity index (χ0) is 10.1. The van der Waals surface area contributed by atoms with Gasteiger partial charge in [0.25, 0.3) is 0 Å². The van der Waals surface area contributed by atoms with Gasteiger partial charge in [-0.2, -0.15) is 0 Å². The van der Waals surface area contributed by atoms with Crippen molar-refractivity contribution in [1.29, 1.82) is 0 Å². The molecule has 0 N–H and O–H groups in total. The zero-order valence-corrected chi connectivity index (χ0v) is 9.68. The lowest BCUT2D eigenvalue weighted by atomic mass is 9.99. The average molecular weight is 187 g/mol. The van der Waals surface area contributed by atoms with Gasteiger partial charge in [0.15, 0.2) is 0 Å². The molecule has 80 valence electrons. The Balaban J connectivity index is 3.44. The summed E-state index contributed by atoms with van der Waals surface area (Å²) >= 11 is 0. The monoisotopic (exact) mass is 187 g/mol. The third-order valence-electron chi connectivity index (χ3n) is 2.32. The van der Waals surface area contributed by atoms with E-state index in [9.17, 15) is 0 Å². The fraction of sp³-hybridized carbons (Fsp3) is 1.00. The number of methoxy groups -OCH3 is 1. The van der Waals surface area contributed by atoms with E-state index in [1.165, 1.54) is 32.2 Å². The minimum atomic E-state index is 0.773. The van der Waals surface area contributed by atoms with E-state index >= 15 is 0 Å². The second-order valence-corrected chi connectivity index (χ2v) is 4.06. The van der Waals surface area contributed by atoms with Crippen LogP contribution in [0.25, 0.3) is 0 Å². The maximum Gasteiger partial charge on any atom is 0.0490 e. The summed E-state index contributed by atoms with van der Waals surface area (Å²) in [5, 5.41) is 0. The molecule has 0 bridgehead atoms. The van der Waals surface area contributed by atoms with Gasteiger partial charge < -0.3 is 9.64 Å². The minimum absolute atomic E-state index is 0.773. The quantitative estimate of drug-likeness (QED) is 0.578. The van der Waals surface area contributed by atoms with Crippen molar-refractivity contribution in [3.8, 4) is 0 Å². The highest BCUT2D eigenvalue weighted by molar-refractivity contribution is 4.59. The molecule has 0 aromatic carbocycles. The predicted molar refractivity (Wildman–Crippen MR) is 58.1 cm³/mol. The van der Waals surface area contributed by atoms with E-state index < -0.39 is 0 Å². The van der Waals surface area contributed by atoms with Gasteiger partial charge in [-0.05, 0) is 45.8 Å². The van der Waals surface area contributed by atoms with Gasteiger partial charge in [-0.25, -0.2) is 0 Å². The first kappa shape index (κ1) is 12.9. The van der Waals surface area contributed by atoms with E-state index in [2.05, 4.69) is 25.9 Å². The molecule has 0 spiro atoms. The summed E-state index contributed by atoms with van der Waals surface area (Å²) in [7, 11) is 6.06. The molecule has 0 saturated carbocycles. The van der Waals surface area contributed by atoms with Crippen molar-refractivity contribution < 1.29 is 4.74 Å². The normalized spacial score (nSPS) is 13.6. The maximum absolute atomic E-state index is 5.20. The van der Waals surface area contributed by atoms with E-state index in [0.29, 0.717) is 0 Å². The topological polar surface area (TPSA) is 12.5 Å². The molecule has 2 nitrogen and oxygen atoms in total.